The summed E-state index contributed by atoms with van der Waals surface area (Å²) in [5.74, 6) is 0.985. The SMILES string of the molecule is CC(C)CCCCCCCCCCCCCCCCCCCCC(=O)O[C@H](COC(=O)CCCCCCCCCCCCCCC(C)C)COP(=O)(O)OC[C@@H](O)COP(=O)(O)OC[C@@H](COC(=O)CCCCCCCCCCCC(C)C)OC(=O)CCCCCCCCCCCCC(C)C. The largest absolute Gasteiger partial charge is 0.472 e. The van der Waals surface area contributed by atoms with Gasteiger partial charge >= 0.3 is 39.5 Å². The minimum absolute atomic E-state index is 0.105. The summed E-state index contributed by atoms with van der Waals surface area (Å²) in [6.45, 7) is 14.3. The Morgan fingerprint density at radius 2 is 0.416 bits per heavy atom. The fourth-order valence-electron chi connectivity index (χ4n) is 12.6. The third-order valence-electron chi connectivity index (χ3n) is 19.1. The second-order valence-corrected chi connectivity index (χ2v) is 34.3. The molecule has 0 radical (unpaired) electrons. The topological polar surface area (TPSA) is 237 Å². The molecule has 0 aliphatic rings. The van der Waals surface area contributed by atoms with Gasteiger partial charge in [0.15, 0.2) is 12.2 Å². The van der Waals surface area contributed by atoms with Crippen LogP contribution in [0, 0.1) is 23.7 Å². The molecule has 0 amide bonds. The molecule has 5 atom stereocenters. The number of hydrogen-bond donors (Lipinski definition) is 3. The van der Waals surface area contributed by atoms with E-state index >= 15 is 0 Å². The predicted molar refractivity (Wildman–Crippen MR) is 414 cm³/mol. The van der Waals surface area contributed by atoms with E-state index < -0.39 is 97.5 Å². The highest BCUT2D eigenvalue weighted by molar-refractivity contribution is 7.47. The highest BCUT2D eigenvalue weighted by atomic mass is 31.2. The molecular formula is C82H160O17P2. The van der Waals surface area contributed by atoms with Gasteiger partial charge in [0.1, 0.15) is 19.3 Å². The number of phosphoric acid groups is 2. The molecule has 0 aliphatic carbocycles. The highest BCUT2D eigenvalue weighted by Crippen LogP contribution is 2.45. The van der Waals surface area contributed by atoms with Crippen molar-refractivity contribution in [3.8, 4) is 0 Å². The molecule has 0 fully saturated rings. The van der Waals surface area contributed by atoms with Gasteiger partial charge < -0.3 is 33.8 Å². The summed E-state index contributed by atoms with van der Waals surface area (Å²) >= 11 is 0. The van der Waals surface area contributed by atoms with Crippen LogP contribution in [0.1, 0.15) is 421 Å². The number of aliphatic hydroxyl groups is 1. The summed E-state index contributed by atoms with van der Waals surface area (Å²) < 4.78 is 68.8. The average Bonchev–Trinajstić information content (AvgIpc) is 2.22. The van der Waals surface area contributed by atoms with Crippen molar-refractivity contribution in [3.05, 3.63) is 0 Å². The van der Waals surface area contributed by atoms with Gasteiger partial charge in [-0.25, -0.2) is 9.13 Å². The van der Waals surface area contributed by atoms with Crippen LogP contribution in [0.25, 0.3) is 0 Å². The molecule has 0 saturated carbocycles. The minimum Gasteiger partial charge on any atom is -0.462 e. The van der Waals surface area contributed by atoms with E-state index in [9.17, 15) is 43.2 Å². The van der Waals surface area contributed by atoms with Crippen molar-refractivity contribution in [2.24, 2.45) is 23.7 Å². The molecule has 0 aromatic carbocycles. The number of aliphatic hydroxyl groups excluding tert-OH is 1. The van der Waals surface area contributed by atoms with E-state index in [1.165, 1.54) is 225 Å². The third-order valence-corrected chi connectivity index (χ3v) is 21.0. The smallest absolute Gasteiger partial charge is 0.462 e. The standard InChI is InChI=1S/C82H160O17P2/c1-72(2)58-50-42-34-26-19-15-13-11-9-10-12-14-16-22-31-40-48-56-64-81(86)98-77(68-92-79(84)62-54-46-38-30-21-18-17-20-27-35-43-51-59-73(3)4)70-96-100(88,89)94-66-76(83)67-95-101(90,91)97-71-78(69-93-80(85)63-55-47-39-33-25-29-37-45-53-61-75(7)8)99-82(87)65-57-49-41-32-24-23-28-36-44-52-60-74(5)6/h72-78,83H,9-71H2,1-8H3,(H,88,89)(H,90,91)/t76-,77-,78-/m1/s1. The van der Waals surface area contributed by atoms with Crippen LogP contribution < -0.4 is 0 Å². The van der Waals surface area contributed by atoms with Crippen molar-refractivity contribution in [2.75, 3.05) is 39.6 Å². The van der Waals surface area contributed by atoms with E-state index in [0.717, 1.165) is 114 Å². The number of rotatable bonds is 79. The summed E-state index contributed by atoms with van der Waals surface area (Å²) in [5.41, 5.74) is 0. The van der Waals surface area contributed by atoms with Gasteiger partial charge in [0.25, 0.3) is 0 Å². The summed E-state index contributed by atoms with van der Waals surface area (Å²) in [7, 11) is -9.92. The van der Waals surface area contributed by atoms with Gasteiger partial charge in [-0.3, -0.25) is 37.3 Å². The first-order valence-corrected chi connectivity index (χ1v) is 45.2. The van der Waals surface area contributed by atoms with Crippen LogP contribution in [0.4, 0.5) is 0 Å². The molecule has 101 heavy (non-hydrogen) atoms. The van der Waals surface area contributed by atoms with Crippen molar-refractivity contribution < 1.29 is 80.2 Å². The lowest BCUT2D eigenvalue weighted by Crippen LogP contribution is -2.30. The van der Waals surface area contributed by atoms with E-state index in [-0.39, 0.29) is 25.7 Å². The third kappa shape index (κ3) is 76.1. The lowest BCUT2D eigenvalue weighted by atomic mass is 10.0. The zero-order valence-corrected chi connectivity index (χ0v) is 68.3. The Labute approximate surface area is 619 Å². The number of carbonyl (C=O) groups is 4. The predicted octanol–water partition coefficient (Wildman–Crippen LogP) is 24.4. The molecule has 2 unspecified atom stereocenters. The zero-order valence-electron chi connectivity index (χ0n) is 66.5. The Balaban J connectivity index is 5.24. The highest BCUT2D eigenvalue weighted by Gasteiger charge is 2.30. The molecule has 0 aliphatic heterocycles. The maximum atomic E-state index is 13.1. The van der Waals surface area contributed by atoms with Gasteiger partial charge in [0, 0.05) is 25.7 Å². The number of hydrogen-bond acceptors (Lipinski definition) is 15. The summed E-state index contributed by atoms with van der Waals surface area (Å²) in [4.78, 5) is 73.1. The Morgan fingerprint density at radius 3 is 0.614 bits per heavy atom. The Hall–Kier alpha value is -1.94. The second-order valence-electron chi connectivity index (χ2n) is 31.4. The summed E-state index contributed by atoms with van der Waals surface area (Å²) in [6.07, 6.45) is 58.3. The molecule has 0 saturated heterocycles. The van der Waals surface area contributed by atoms with Gasteiger partial charge in [-0.05, 0) is 49.4 Å². The lowest BCUT2D eigenvalue weighted by molar-refractivity contribution is -0.161. The maximum absolute atomic E-state index is 13.1. The van der Waals surface area contributed by atoms with E-state index in [0.29, 0.717) is 25.7 Å². The first kappa shape index (κ1) is 99.1. The molecule has 17 nitrogen and oxygen atoms in total. The summed E-state index contributed by atoms with van der Waals surface area (Å²) in [5, 5.41) is 10.6. The number of phosphoric ester groups is 2. The molecule has 600 valence electrons. The molecule has 3 N–H and O–H groups in total. The van der Waals surface area contributed by atoms with E-state index in [1.807, 2.05) is 0 Å². The van der Waals surface area contributed by atoms with Crippen LogP contribution >= 0.6 is 15.6 Å². The second kappa shape index (κ2) is 71.0. The normalized spacial score (nSPS) is 14.0. The number of carbonyl (C=O) groups excluding carboxylic acids is 4. The molecule has 0 spiro atoms. The molecule has 19 heteroatoms. The van der Waals surface area contributed by atoms with Crippen molar-refractivity contribution in [3.63, 3.8) is 0 Å². The molecule has 0 bridgehead atoms. The molecule has 0 aromatic heterocycles. The first-order chi connectivity index (χ1) is 48.6. The number of ether oxygens (including phenoxy) is 4. The Bertz CT molecular complexity index is 1970. The minimum atomic E-state index is -4.96. The van der Waals surface area contributed by atoms with Crippen LogP contribution in [0.2, 0.25) is 0 Å². The van der Waals surface area contributed by atoms with Crippen molar-refractivity contribution in [1.29, 1.82) is 0 Å². The molecular weight excluding hydrogens is 1320 g/mol. The lowest BCUT2D eigenvalue weighted by Gasteiger charge is -2.21. The average molecular weight is 1480 g/mol. The van der Waals surface area contributed by atoms with Gasteiger partial charge in [-0.2, -0.15) is 0 Å². The van der Waals surface area contributed by atoms with Gasteiger partial charge in [-0.15, -0.1) is 0 Å². The van der Waals surface area contributed by atoms with Gasteiger partial charge in [-0.1, -0.05) is 370 Å². The number of unbranched alkanes of at least 4 members (excludes halogenated alkanes) is 45. The van der Waals surface area contributed by atoms with Crippen molar-refractivity contribution in [2.45, 2.75) is 440 Å². The van der Waals surface area contributed by atoms with E-state index in [2.05, 4.69) is 55.4 Å². The first-order valence-electron chi connectivity index (χ1n) is 42.2. The molecule has 0 aromatic rings. The maximum Gasteiger partial charge on any atom is 0.472 e. The van der Waals surface area contributed by atoms with Crippen molar-refractivity contribution >= 4 is 39.5 Å². The van der Waals surface area contributed by atoms with Crippen LogP contribution in [0.3, 0.4) is 0 Å². The quantitative estimate of drug-likeness (QED) is 0.0222. The fraction of sp³-hybridized carbons (Fsp3) is 0.951. The summed E-state index contributed by atoms with van der Waals surface area (Å²) in [6, 6.07) is 0. The van der Waals surface area contributed by atoms with Gasteiger partial charge in [0.2, 0.25) is 0 Å². The molecule has 0 heterocycles. The van der Waals surface area contributed by atoms with E-state index in [1.54, 1.807) is 0 Å². The van der Waals surface area contributed by atoms with E-state index in [4.69, 9.17) is 37.0 Å². The Morgan fingerprint density at radius 1 is 0.248 bits per heavy atom. The number of esters is 4. The monoisotopic (exact) mass is 1480 g/mol. The molecule has 0 rings (SSSR count). The van der Waals surface area contributed by atoms with Crippen LogP contribution in [0.5, 0.6) is 0 Å². The van der Waals surface area contributed by atoms with Gasteiger partial charge in [0.05, 0.1) is 26.4 Å². The zero-order chi connectivity index (χ0) is 74.6. The van der Waals surface area contributed by atoms with Crippen LogP contribution in [-0.2, 0) is 65.4 Å². The fourth-order valence-corrected chi connectivity index (χ4v) is 14.2. The van der Waals surface area contributed by atoms with Crippen LogP contribution in [0.15, 0.2) is 0 Å². The van der Waals surface area contributed by atoms with Crippen LogP contribution in [-0.4, -0.2) is 96.7 Å². The Kier molecular flexibility index (Phi) is 69.6. The van der Waals surface area contributed by atoms with Crippen molar-refractivity contribution in [1.82, 2.24) is 0 Å².